The molecule has 1 heterocycles. The summed E-state index contributed by atoms with van der Waals surface area (Å²) >= 11 is 9.63. The molecule has 6 heteroatoms. The molecule has 0 fully saturated rings. The molecular formula is C19H17BrClN3O. The Hall–Kier alpha value is -2.11. The van der Waals surface area contributed by atoms with Gasteiger partial charge in [0, 0.05) is 16.8 Å². The average Bonchev–Trinajstić information content (AvgIpc) is 2.96. The average molecular weight is 419 g/mol. The number of aromatic nitrogens is 2. The molecule has 4 nitrogen and oxygen atoms in total. The van der Waals surface area contributed by atoms with Gasteiger partial charge in [-0.25, -0.2) is 0 Å². The summed E-state index contributed by atoms with van der Waals surface area (Å²) < 4.78 is 2.46. The summed E-state index contributed by atoms with van der Waals surface area (Å²) in [7, 11) is 0. The minimum absolute atomic E-state index is 0.189. The molecular weight excluding hydrogens is 402 g/mol. The van der Waals surface area contributed by atoms with Crippen molar-refractivity contribution in [1.82, 2.24) is 9.78 Å². The number of rotatable bonds is 5. The van der Waals surface area contributed by atoms with E-state index >= 15 is 0 Å². The molecule has 1 aromatic heterocycles. The van der Waals surface area contributed by atoms with Crippen molar-refractivity contribution in [2.45, 2.75) is 19.9 Å². The second-order valence-corrected chi connectivity index (χ2v) is 6.88. The largest absolute Gasteiger partial charge is 0.304 e. The van der Waals surface area contributed by atoms with E-state index in [1.165, 1.54) is 5.56 Å². The maximum atomic E-state index is 12.4. The van der Waals surface area contributed by atoms with E-state index in [1.54, 1.807) is 4.68 Å². The van der Waals surface area contributed by atoms with Gasteiger partial charge in [0.1, 0.15) is 0 Å². The quantitative estimate of drug-likeness (QED) is 0.622. The van der Waals surface area contributed by atoms with Crippen molar-refractivity contribution in [3.05, 3.63) is 80.9 Å². The summed E-state index contributed by atoms with van der Waals surface area (Å²) in [6.45, 7) is 2.61. The van der Waals surface area contributed by atoms with E-state index in [1.807, 2.05) is 54.7 Å². The van der Waals surface area contributed by atoms with Gasteiger partial charge in [0.15, 0.2) is 5.82 Å². The first-order valence-electron chi connectivity index (χ1n) is 7.93. The van der Waals surface area contributed by atoms with Crippen molar-refractivity contribution in [3.63, 3.8) is 0 Å². The molecule has 0 bridgehead atoms. The Kier molecular flexibility index (Phi) is 5.56. The summed E-state index contributed by atoms with van der Waals surface area (Å²) in [6.07, 6.45) is 2.76. The SMILES string of the molecule is CCc1ccc(C(=O)Nc2nn(Cc3ccccc3Cl)cc2Br)cc1. The van der Waals surface area contributed by atoms with Crippen LogP contribution in [0.3, 0.4) is 0 Å². The number of anilines is 1. The van der Waals surface area contributed by atoms with Crippen LogP contribution in [0.2, 0.25) is 5.02 Å². The van der Waals surface area contributed by atoms with E-state index in [-0.39, 0.29) is 5.91 Å². The summed E-state index contributed by atoms with van der Waals surface area (Å²) in [5, 5.41) is 7.95. The first kappa shape index (κ1) is 17.7. The van der Waals surface area contributed by atoms with Gasteiger partial charge in [-0.15, -0.1) is 0 Å². The zero-order chi connectivity index (χ0) is 17.8. The highest BCUT2D eigenvalue weighted by Crippen LogP contribution is 2.23. The van der Waals surface area contributed by atoms with E-state index in [9.17, 15) is 4.79 Å². The van der Waals surface area contributed by atoms with Crippen LogP contribution in [-0.4, -0.2) is 15.7 Å². The lowest BCUT2D eigenvalue weighted by Gasteiger charge is -2.05. The fourth-order valence-electron chi connectivity index (χ4n) is 2.44. The van der Waals surface area contributed by atoms with E-state index in [4.69, 9.17) is 11.6 Å². The Morgan fingerprint density at radius 3 is 2.60 bits per heavy atom. The molecule has 3 rings (SSSR count). The summed E-state index contributed by atoms with van der Waals surface area (Å²) in [4.78, 5) is 12.4. The van der Waals surface area contributed by atoms with Gasteiger partial charge in [0.05, 0.1) is 11.0 Å². The number of carbonyl (C=O) groups is 1. The molecule has 0 aliphatic carbocycles. The molecule has 128 valence electrons. The lowest BCUT2D eigenvalue weighted by atomic mass is 10.1. The molecule has 0 aliphatic rings. The molecule has 0 unspecified atom stereocenters. The molecule has 3 aromatic rings. The van der Waals surface area contributed by atoms with Crippen molar-refractivity contribution in [3.8, 4) is 0 Å². The molecule has 0 radical (unpaired) electrons. The number of carbonyl (C=O) groups excluding carboxylic acids is 1. The van der Waals surface area contributed by atoms with Gasteiger partial charge in [-0.05, 0) is 51.7 Å². The van der Waals surface area contributed by atoms with Crippen LogP contribution in [0.15, 0.2) is 59.2 Å². The van der Waals surface area contributed by atoms with Crippen LogP contribution < -0.4 is 5.32 Å². The van der Waals surface area contributed by atoms with Gasteiger partial charge in [-0.1, -0.05) is 48.9 Å². The minimum atomic E-state index is -0.189. The van der Waals surface area contributed by atoms with Crippen LogP contribution in [0, 0.1) is 0 Å². The van der Waals surface area contributed by atoms with Crippen molar-refractivity contribution in [1.29, 1.82) is 0 Å². The molecule has 1 N–H and O–H groups in total. The Labute approximate surface area is 159 Å². The van der Waals surface area contributed by atoms with Gasteiger partial charge >= 0.3 is 0 Å². The molecule has 25 heavy (non-hydrogen) atoms. The van der Waals surface area contributed by atoms with Crippen LogP contribution in [0.1, 0.15) is 28.4 Å². The Morgan fingerprint density at radius 2 is 1.92 bits per heavy atom. The molecule has 0 atom stereocenters. The van der Waals surface area contributed by atoms with E-state index in [2.05, 4.69) is 33.3 Å². The van der Waals surface area contributed by atoms with Gasteiger partial charge in [0.2, 0.25) is 0 Å². The van der Waals surface area contributed by atoms with Crippen molar-refractivity contribution in [2.24, 2.45) is 0 Å². The topological polar surface area (TPSA) is 46.9 Å². The van der Waals surface area contributed by atoms with Crippen LogP contribution >= 0.6 is 27.5 Å². The highest BCUT2D eigenvalue weighted by Gasteiger charge is 2.12. The molecule has 1 amide bonds. The van der Waals surface area contributed by atoms with Gasteiger partial charge in [-0.3, -0.25) is 9.48 Å². The number of aryl methyl sites for hydroxylation is 1. The maximum absolute atomic E-state index is 12.4. The van der Waals surface area contributed by atoms with E-state index in [0.717, 1.165) is 16.5 Å². The fraction of sp³-hybridized carbons (Fsp3) is 0.158. The monoisotopic (exact) mass is 417 g/mol. The highest BCUT2D eigenvalue weighted by atomic mass is 79.9. The van der Waals surface area contributed by atoms with Crippen molar-refractivity contribution in [2.75, 3.05) is 5.32 Å². The standard InChI is InChI=1S/C19H17BrClN3O/c1-2-13-7-9-14(10-8-13)19(25)22-18-16(20)12-24(23-18)11-15-5-3-4-6-17(15)21/h3-10,12H,2,11H2,1H3,(H,22,23,25). The lowest BCUT2D eigenvalue weighted by Crippen LogP contribution is -2.13. The number of amides is 1. The minimum Gasteiger partial charge on any atom is -0.304 e. The molecule has 0 saturated carbocycles. The van der Waals surface area contributed by atoms with Gasteiger partial charge < -0.3 is 5.32 Å². The lowest BCUT2D eigenvalue weighted by molar-refractivity contribution is 0.102. The third-order valence-electron chi connectivity index (χ3n) is 3.86. The molecule has 0 saturated heterocycles. The second kappa shape index (κ2) is 7.85. The van der Waals surface area contributed by atoms with Crippen LogP contribution in [0.5, 0.6) is 0 Å². The molecule has 0 spiro atoms. The number of hydrogen-bond acceptors (Lipinski definition) is 2. The van der Waals surface area contributed by atoms with Crippen LogP contribution in [-0.2, 0) is 13.0 Å². The predicted octanol–water partition coefficient (Wildman–Crippen LogP) is 5.16. The van der Waals surface area contributed by atoms with Crippen LogP contribution in [0.25, 0.3) is 0 Å². The molecule has 0 aliphatic heterocycles. The Morgan fingerprint density at radius 1 is 1.20 bits per heavy atom. The van der Waals surface area contributed by atoms with Crippen molar-refractivity contribution < 1.29 is 4.79 Å². The maximum Gasteiger partial charge on any atom is 0.256 e. The first-order chi connectivity index (χ1) is 12.1. The number of nitrogens with one attached hydrogen (secondary N) is 1. The highest BCUT2D eigenvalue weighted by molar-refractivity contribution is 9.10. The van der Waals surface area contributed by atoms with Crippen molar-refractivity contribution >= 4 is 39.3 Å². The van der Waals surface area contributed by atoms with Gasteiger partial charge in [-0.2, -0.15) is 5.10 Å². The summed E-state index contributed by atoms with van der Waals surface area (Å²) in [5.74, 6) is 0.294. The predicted molar refractivity (Wildman–Crippen MR) is 104 cm³/mol. The van der Waals surface area contributed by atoms with Gasteiger partial charge in [0.25, 0.3) is 5.91 Å². The third kappa shape index (κ3) is 4.30. The Balaban J connectivity index is 1.73. The number of halogens is 2. The smallest absolute Gasteiger partial charge is 0.256 e. The third-order valence-corrected chi connectivity index (χ3v) is 4.81. The van der Waals surface area contributed by atoms with Crippen LogP contribution in [0.4, 0.5) is 5.82 Å². The number of nitrogens with zero attached hydrogens (tertiary/aromatic N) is 2. The zero-order valence-electron chi connectivity index (χ0n) is 13.7. The second-order valence-electron chi connectivity index (χ2n) is 5.62. The zero-order valence-corrected chi connectivity index (χ0v) is 16.0. The number of hydrogen-bond donors (Lipinski definition) is 1. The van der Waals surface area contributed by atoms with E-state index in [0.29, 0.717) is 22.9 Å². The summed E-state index contributed by atoms with van der Waals surface area (Å²) in [6, 6.07) is 15.2. The molecule has 2 aromatic carbocycles. The Bertz CT molecular complexity index is 890. The summed E-state index contributed by atoms with van der Waals surface area (Å²) in [5.41, 5.74) is 2.76. The normalized spacial score (nSPS) is 10.7. The fourth-order valence-corrected chi connectivity index (χ4v) is 3.05. The number of benzene rings is 2. The first-order valence-corrected chi connectivity index (χ1v) is 9.10. The van der Waals surface area contributed by atoms with E-state index < -0.39 is 0 Å².